The number of rotatable bonds is 3. The van der Waals surface area contributed by atoms with E-state index in [4.69, 9.17) is 0 Å². The van der Waals surface area contributed by atoms with Crippen LogP contribution in [0.25, 0.3) is 0 Å². The van der Waals surface area contributed by atoms with Crippen molar-refractivity contribution in [2.45, 2.75) is 32.7 Å². The normalized spacial score (nSPS) is 19.6. The van der Waals surface area contributed by atoms with Crippen molar-refractivity contribution in [1.82, 2.24) is 19.4 Å². The van der Waals surface area contributed by atoms with Gasteiger partial charge in [-0.25, -0.2) is 9.97 Å². The second-order valence-corrected chi connectivity index (χ2v) is 5.84. The van der Waals surface area contributed by atoms with Crippen LogP contribution in [-0.2, 0) is 13.6 Å². The molecule has 1 fully saturated rings. The minimum absolute atomic E-state index is 0.480. The SMILES string of the molecule is Cc1cc(C)nc([C@H]2CCN(Cc3cccn3C)C2)n1. The third kappa shape index (κ3) is 2.75. The van der Waals surface area contributed by atoms with Crippen molar-refractivity contribution in [2.75, 3.05) is 13.1 Å². The van der Waals surface area contributed by atoms with Gasteiger partial charge < -0.3 is 4.57 Å². The summed E-state index contributed by atoms with van der Waals surface area (Å²) in [5, 5.41) is 0. The lowest BCUT2D eigenvalue weighted by Crippen LogP contribution is -2.21. The maximum atomic E-state index is 4.62. The fourth-order valence-corrected chi connectivity index (χ4v) is 3.01. The van der Waals surface area contributed by atoms with Crippen LogP contribution in [0.1, 0.15) is 35.2 Å². The van der Waals surface area contributed by atoms with E-state index in [0.29, 0.717) is 5.92 Å². The molecule has 0 saturated carbocycles. The Morgan fingerprint density at radius 3 is 2.65 bits per heavy atom. The fraction of sp³-hybridized carbons (Fsp3) is 0.500. The van der Waals surface area contributed by atoms with Crippen molar-refractivity contribution >= 4 is 0 Å². The van der Waals surface area contributed by atoms with Crippen LogP contribution in [0.2, 0.25) is 0 Å². The van der Waals surface area contributed by atoms with Crippen molar-refractivity contribution in [3.8, 4) is 0 Å². The van der Waals surface area contributed by atoms with Gasteiger partial charge in [-0.1, -0.05) is 0 Å². The van der Waals surface area contributed by atoms with Gasteiger partial charge in [0.15, 0.2) is 0 Å². The molecule has 1 aliphatic heterocycles. The first-order chi connectivity index (χ1) is 9.61. The molecule has 2 aromatic heterocycles. The van der Waals surface area contributed by atoms with Crippen LogP contribution >= 0.6 is 0 Å². The quantitative estimate of drug-likeness (QED) is 0.859. The van der Waals surface area contributed by atoms with Crippen molar-refractivity contribution < 1.29 is 0 Å². The summed E-state index contributed by atoms with van der Waals surface area (Å²) in [5.74, 6) is 1.51. The number of hydrogen-bond donors (Lipinski definition) is 0. The molecule has 0 radical (unpaired) electrons. The van der Waals surface area contributed by atoms with Crippen molar-refractivity contribution in [3.63, 3.8) is 0 Å². The lowest BCUT2D eigenvalue weighted by Gasteiger charge is -2.16. The zero-order valence-corrected chi connectivity index (χ0v) is 12.5. The van der Waals surface area contributed by atoms with Crippen LogP contribution in [0.5, 0.6) is 0 Å². The van der Waals surface area contributed by atoms with Gasteiger partial charge in [0.2, 0.25) is 0 Å². The predicted octanol–water partition coefficient (Wildman–Crippen LogP) is 2.42. The average molecular weight is 270 g/mol. The minimum atomic E-state index is 0.480. The Labute approximate surface area is 120 Å². The molecule has 0 amide bonds. The highest BCUT2D eigenvalue weighted by atomic mass is 15.2. The van der Waals surface area contributed by atoms with Gasteiger partial charge in [-0.3, -0.25) is 4.90 Å². The van der Waals surface area contributed by atoms with Gasteiger partial charge in [-0.15, -0.1) is 0 Å². The molecule has 20 heavy (non-hydrogen) atoms. The topological polar surface area (TPSA) is 34.0 Å². The van der Waals surface area contributed by atoms with Crippen LogP contribution in [0, 0.1) is 13.8 Å². The molecule has 3 heterocycles. The van der Waals surface area contributed by atoms with Crippen molar-refractivity contribution in [3.05, 3.63) is 47.3 Å². The Balaban J connectivity index is 1.69. The summed E-state index contributed by atoms with van der Waals surface area (Å²) in [5.41, 5.74) is 3.52. The zero-order valence-electron chi connectivity index (χ0n) is 12.5. The van der Waals surface area contributed by atoms with Gasteiger partial charge in [0.25, 0.3) is 0 Å². The van der Waals surface area contributed by atoms with Gasteiger partial charge in [0, 0.05) is 49.3 Å². The predicted molar refractivity (Wildman–Crippen MR) is 79.6 cm³/mol. The highest BCUT2D eigenvalue weighted by Crippen LogP contribution is 2.26. The maximum Gasteiger partial charge on any atom is 0.133 e. The summed E-state index contributed by atoms with van der Waals surface area (Å²) in [7, 11) is 2.11. The Hall–Kier alpha value is -1.68. The molecule has 1 atom stereocenters. The largest absolute Gasteiger partial charge is 0.353 e. The summed E-state index contributed by atoms with van der Waals surface area (Å²) in [6.07, 6.45) is 3.27. The van der Waals surface area contributed by atoms with E-state index in [1.807, 2.05) is 6.07 Å². The van der Waals surface area contributed by atoms with Gasteiger partial charge >= 0.3 is 0 Å². The van der Waals surface area contributed by atoms with Crippen LogP contribution in [-0.4, -0.2) is 32.5 Å². The van der Waals surface area contributed by atoms with Crippen LogP contribution in [0.15, 0.2) is 24.4 Å². The van der Waals surface area contributed by atoms with E-state index in [2.05, 4.69) is 58.7 Å². The van der Waals surface area contributed by atoms with Crippen molar-refractivity contribution in [2.24, 2.45) is 7.05 Å². The van der Waals surface area contributed by atoms with E-state index in [1.165, 1.54) is 5.69 Å². The van der Waals surface area contributed by atoms with Crippen molar-refractivity contribution in [1.29, 1.82) is 0 Å². The van der Waals surface area contributed by atoms with E-state index in [1.54, 1.807) is 0 Å². The number of aryl methyl sites for hydroxylation is 3. The molecule has 0 spiro atoms. The summed E-state index contributed by atoms with van der Waals surface area (Å²) >= 11 is 0. The van der Waals surface area contributed by atoms with E-state index in [-0.39, 0.29) is 0 Å². The first kappa shape index (κ1) is 13.3. The summed E-state index contributed by atoms with van der Waals surface area (Å²) in [4.78, 5) is 11.7. The molecular formula is C16H22N4. The number of hydrogen-bond acceptors (Lipinski definition) is 3. The second-order valence-electron chi connectivity index (χ2n) is 5.84. The molecule has 0 bridgehead atoms. The monoisotopic (exact) mass is 270 g/mol. The molecule has 3 rings (SSSR count). The molecule has 1 aliphatic rings. The molecule has 106 valence electrons. The maximum absolute atomic E-state index is 4.62. The third-order valence-corrected chi connectivity index (χ3v) is 4.07. The molecular weight excluding hydrogens is 248 g/mol. The fourth-order valence-electron chi connectivity index (χ4n) is 3.01. The first-order valence-electron chi connectivity index (χ1n) is 7.26. The second kappa shape index (κ2) is 5.37. The highest BCUT2D eigenvalue weighted by molar-refractivity contribution is 5.13. The molecule has 0 unspecified atom stereocenters. The average Bonchev–Trinajstić information content (AvgIpc) is 2.99. The summed E-state index contributed by atoms with van der Waals surface area (Å²) in [6.45, 7) is 7.31. The summed E-state index contributed by atoms with van der Waals surface area (Å²) < 4.78 is 2.20. The zero-order chi connectivity index (χ0) is 14.1. The lowest BCUT2D eigenvalue weighted by atomic mass is 10.1. The van der Waals surface area contributed by atoms with E-state index >= 15 is 0 Å². The molecule has 0 aliphatic carbocycles. The smallest absolute Gasteiger partial charge is 0.133 e. The van der Waals surface area contributed by atoms with Crippen LogP contribution in [0.4, 0.5) is 0 Å². The van der Waals surface area contributed by atoms with Gasteiger partial charge in [-0.2, -0.15) is 0 Å². The molecule has 0 aromatic carbocycles. The standard InChI is InChI=1S/C16H22N4/c1-12-9-13(2)18-16(17-12)14-6-8-20(10-14)11-15-5-4-7-19(15)3/h4-5,7,9,14H,6,8,10-11H2,1-3H3/t14-/m0/s1. The number of nitrogens with zero attached hydrogens (tertiary/aromatic N) is 4. The van der Waals surface area contributed by atoms with Crippen LogP contribution in [0.3, 0.4) is 0 Å². The van der Waals surface area contributed by atoms with Gasteiger partial charge in [0.05, 0.1) is 0 Å². The van der Waals surface area contributed by atoms with E-state index in [9.17, 15) is 0 Å². The molecule has 1 saturated heterocycles. The first-order valence-corrected chi connectivity index (χ1v) is 7.26. The molecule has 2 aromatic rings. The summed E-state index contributed by atoms with van der Waals surface area (Å²) in [6, 6.07) is 6.34. The highest BCUT2D eigenvalue weighted by Gasteiger charge is 2.26. The Morgan fingerprint density at radius 2 is 2.00 bits per heavy atom. The minimum Gasteiger partial charge on any atom is -0.353 e. The van der Waals surface area contributed by atoms with E-state index in [0.717, 1.165) is 43.3 Å². The van der Waals surface area contributed by atoms with Crippen LogP contribution < -0.4 is 0 Å². The number of aromatic nitrogens is 3. The Kier molecular flexibility index (Phi) is 3.57. The third-order valence-electron chi connectivity index (χ3n) is 4.07. The Bertz CT molecular complexity index is 582. The molecule has 4 nitrogen and oxygen atoms in total. The Morgan fingerprint density at radius 1 is 1.25 bits per heavy atom. The molecule has 0 N–H and O–H groups in total. The lowest BCUT2D eigenvalue weighted by molar-refractivity contribution is 0.318. The van der Waals surface area contributed by atoms with Gasteiger partial charge in [-0.05, 0) is 45.0 Å². The van der Waals surface area contributed by atoms with E-state index < -0.39 is 0 Å². The number of likely N-dealkylation sites (tertiary alicyclic amines) is 1. The molecule has 4 heteroatoms. The van der Waals surface area contributed by atoms with Gasteiger partial charge in [0.1, 0.15) is 5.82 Å².